The predicted octanol–water partition coefficient (Wildman–Crippen LogP) is 5.26. The fraction of sp³-hybridized carbons (Fsp3) is 0.810. The molecule has 0 radical (unpaired) electrons. The highest BCUT2D eigenvalue weighted by molar-refractivity contribution is 5.88. The molecular weight excluding hydrogens is 1070 g/mol. The van der Waals surface area contributed by atoms with Crippen LogP contribution in [0.1, 0.15) is 199 Å². The molecule has 0 fully saturated rings. The van der Waals surface area contributed by atoms with Crippen LogP contribution in [0.15, 0.2) is 0 Å². The summed E-state index contributed by atoms with van der Waals surface area (Å²) in [6.45, 7) is 1.54. The summed E-state index contributed by atoms with van der Waals surface area (Å²) in [5.41, 5.74) is 5.40. The van der Waals surface area contributed by atoms with Crippen molar-refractivity contribution in [3.63, 3.8) is 0 Å². The van der Waals surface area contributed by atoms with Crippen LogP contribution in [-0.4, -0.2) is 177 Å². The zero-order chi connectivity index (χ0) is 61.0. The van der Waals surface area contributed by atoms with Crippen molar-refractivity contribution < 1.29 is 92.1 Å². The molecule has 0 aliphatic rings. The molecule has 3 amide bonds. The number of nitrogens with two attached hydrogens (primary N) is 1. The van der Waals surface area contributed by atoms with Gasteiger partial charge in [-0.05, 0) is 64.8 Å². The topological polar surface area (TPSA) is 380 Å². The highest BCUT2D eigenvalue weighted by Gasteiger charge is 2.27. The quantitative estimate of drug-likeness (QED) is 0.0351. The van der Waals surface area contributed by atoms with Gasteiger partial charge in [0.1, 0.15) is 30.8 Å². The predicted molar refractivity (Wildman–Crippen MR) is 304 cm³/mol. The molecular formula is C58H101N5O19. The fourth-order valence-corrected chi connectivity index (χ4v) is 8.84. The van der Waals surface area contributed by atoms with Crippen molar-refractivity contribution in [1.82, 2.24) is 21.3 Å². The first-order valence-corrected chi connectivity index (χ1v) is 29.9. The SMILES string of the molecule is CN[C@@H](CCCCNC(=O)COCCOCCCC(=O)COCCOCCNC(=O)CCC(CC(=O)CCC(NC(=O)CCC(CC(=O)CCCCCCCCCCCCCCCCCCC(=O)O)C(=O)O)C(=O)O)C(=O)O)C(=O)CN. The molecule has 0 heterocycles. The van der Waals surface area contributed by atoms with Crippen molar-refractivity contribution in [3.8, 4) is 0 Å². The van der Waals surface area contributed by atoms with Gasteiger partial charge in [-0.1, -0.05) is 89.9 Å². The Bertz CT molecular complexity index is 1840. The van der Waals surface area contributed by atoms with Crippen LogP contribution in [0.5, 0.6) is 0 Å². The van der Waals surface area contributed by atoms with Crippen LogP contribution >= 0.6 is 0 Å². The van der Waals surface area contributed by atoms with Gasteiger partial charge in [0.05, 0.1) is 57.5 Å². The van der Waals surface area contributed by atoms with Crippen molar-refractivity contribution in [2.24, 2.45) is 17.6 Å². The third-order valence-electron chi connectivity index (χ3n) is 13.8. The number of Topliss-reactive ketones (excluding diaryl/α,β-unsaturated/α-hetero) is 4. The van der Waals surface area contributed by atoms with Gasteiger partial charge >= 0.3 is 23.9 Å². The van der Waals surface area contributed by atoms with Crippen molar-refractivity contribution in [3.05, 3.63) is 0 Å². The Morgan fingerprint density at radius 1 is 0.390 bits per heavy atom. The summed E-state index contributed by atoms with van der Waals surface area (Å²) in [5.74, 6) is -9.53. The molecule has 3 unspecified atom stereocenters. The van der Waals surface area contributed by atoms with Crippen LogP contribution in [-0.2, 0) is 71.7 Å². The Labute approximate surface area is 484 Å². The third-order valence-corrected chi connectivity index (χ3v) is 13.8. The second kappa shape index (κ2) is 52.5. The standard InChI is InChI=1S/C58H101N5O19/c1-60-49(51(67)41-59)23-18-19-31-61-54(70)43-82-38-35-79-33-20-22-48(66)42-81-37-36-80-34-32-62-52(68)29-25-44(56(73)74)40-47(65)27-28-50(58(77)78)63-53(69)30-26-45(57(75)76)39-46(64)21-16-14-12-10-8-6-4-2-3-5-7-9-11-13-15-17-24-55(71)72/h44-45,49-50,60H,2-43,59H2,1H3,(H,61,70)(H,62,68)(H,63,69)(H,71,72)(H,73,74)(H,75,76)(H,77,78)/t44?,45?,49-,50?/m0/s1. The number of nitrogens with one attached hydrogen (secondary N) is 4. The van der Waals surface area contributed by atoms with E-state index in [2.05, 4.69) is 21.3 Å². The summed E-state index contributed by atoms with van der Waals surface area (Å²) in [6, 6.07) is -1.78. The van der Waals surface area contributed by atoms with Crippen LogP contribution in [0.25, 0.3) is 0 Å². The van der Waals surface area contributed by atoms with E-state index in [0.29, 0.717) is 38.8 Å². The number of amides is 3. The first-order valence-electron chi connectivity index (χ1n) is 29.9. The minimum absolute atomic E-state index is 0.0128. The van der Waals surface area contributed by atoms with Crippen LogP contribution in [0.2, 0.25) is 0 Å². The van der Waals surface area contributed by atoms with Gasteiger partial charge in [-0.15, -0.1) is 0 Å². The average molecular weight is 1170 g/mol. The van der Waals surface area contributed by atoms with Gasteiger partial charge in [0.25, 0.3) is 0 Å². The number of ketones is 4. The molecule has 0 aromatic rings. The van der Waals surface area contributed by atoms with E-state index in [9.17, 15) is 68.1 Å². The van der Waals surface area contributed by atoms with Crippen LogP contribution in [0.3, 0.4) is 0 Å². The summed E-state index contributed by atoms with van der Waals surface area (Å²) < 4.78 is 21.5. The number of carbonyl (C=O) groups is 11. The van der Waals surface area contributed by atoms with E-state index in [-0.39, 0.29) is 153 Å². The highest BCUT2D eigenvalue weighted by Crippen LogP contribution is 2.19. The third kappa shape index (κ3) is 47.2. The Morgan fingerprint density at radius 2 is 0.854 bits per heavy atom. The number of hydrogen-bond donors (Lipinski definition) is 9. The van der Waals surface area contributed by atoms with Gasteiger partial charge < -0.3 is 66.4 Å². The number of carbonyl (C=O) groups excluding carboxylic acids is 7. The minimum atomic E-state index is -1.50. The smallest absolute Gasteiger partial charge is 0.326 e. The summed E-state index contributed by atoms with van der Waals surface area (Å²) in [4.78, 5) is 132. The largest absolute Gasteiger partial charge is 0.481 e. The number of hydrogen-bond acceptors (Lipinski definition) is 17. The second-order valence-electron chi connectivity index (χ2n) is 20.9. The molecule has 24 nitrogen and oxygen atoms in total. The first-order chi connectivity index (χ1) is 39.4. The van der Waals surface area contributed by atoms with Gasteiger partial charge in [-0.3, -0.25) is 47.9 Å². The number of carboxylic acids is 4. The molecule has 82 heavy (non-hydrogen) atoms. The molecule has 0 aromatic carbocycles. The molecule has 0 bridgehead atoms. The number of aliphatic carboxylic acids is 4. The monoisotopic (exact) mass is 1170 g/mol. The molecule has 0 aliphatic carbocycles. The maximum atomic E-state index is 12.7. The molecule has 0 rings (SSSR count). The highest BCUT2D eigenvalue weighted by atomic mass is 16.5. The van der Waals surface area contributed by atoms with Gasteiger partial charge in [-0.25, -0.2) is 4.79 Å². The molecule has 0 spiro atoms. The summed E-state index contributed by atoms with van der Waals surface area (Å²) >= 11 is 0. The molecule has 0 aliphatic heterocycles. The fourth-order valence-electron chi connectivity index (χ4n) is 8.84. The van der Waals surface area contributed by atoms with E-state index in [1.807, 2.05) is 0 Å². The number of ether oxygens (including phenoxy) is 4. The van der Waals surface area contributed by atoms with Crippen molar-refractivity contribution in [2.45, 2.75) is 211 Å². The van der Waals surface area contributed by atoms with Crippen LogP contribution in [0, 0.1) is 11.8 Å². The maximum absolute atomic E-state index is 12.7. The Morgan fingerprint density at radius 3 is 1.37 bits per heavy atom. The van der Waals surface area contributed by atoms with Gasteiger partial charge in [-0.2, -0.15) is 0 Å². The molecule has 4 atom stereocenters. The number of likely N-dealkylation sites (N-methyl/N-ethyl adjacent to an activating group) is 1. The minimum Gasteiger partial charge on any atom is -0.481 e. The van der Waals surface area contributed by atoms with Crippen LogP contribution < -0.4 is 27.0 Å². The molecule has 0 aromatic heterocycles. The lowest BCUT2D eigenvalue weighted by atomic mass is 9.94. The van der Waals surface area contributed by atoms with E-state index in [1.54, 1.807) is 7.05 Å². The molecule has 0 saturated carbocycles. The van der Waals surface area contributed by atoms with Crippen molar-refractivity contribution in [2.75, 3.05) is 79.5 Å². The van der Waals surface area contributed by atoms with E-state index in [0.717, 1.165) is 51.4 Å². The normalized spacial score (nSPS) is 12.7. The molecule has 0 saturated heterocycles. The Hall–Kier alpha value is -5.27. The first kappa shape index (κ1) is 76.7. The average Bonchev–Trinajstić information content (AvgIpc) is 3.44. The van der Waals surface area contributed by atoms with E-state index in [4.69, 9.17) is 29.8 Å². The molecule has 24 heteroatoms. The lowest BCUT2D eigenvalue weighted by Crippen LogP contribution is -2.41. The maximum Gasteiger partial charge on any atom is 0.326 e. The van der Waals surface area contributed by atoms with Crippen molar-refractivity contribution >= 4 is 64.7 Å². The zero-order valence-electron chi connectivity index (χ0n) is 49.0. The van der Waals surface area contributed by atoms with Gasteiger partial charge in [0.15, 0.2) is 11.6 Å². The van der Waals surface area contributed by atoms with Crippen molar-refractivity contribution in [1.29, 1.82) is 0 Å². The summed E-state index contributed by atoms with van der Waals surface area (Å²) in [6.07, 6.45) is 18.1. The van der Waals surface area contributed by atoms with Gasteiger partial charge in [0, 0.05) is 71.1 Å². The Kier molecular flexibility index (Phi) is 49.2. The lowest BCUT2D eigenvalue weighted by molar-refractivity contribution is -0.145. The molecule has 10 N–H and O–H groups in total. The summed E-state index contributed by atoms with van der Waals surface area (Å²) in [5, 5.41) is 48.4. The van der Waals surface area contributed by atoms with E-state index in [1.165, 1.54) is 51.4 Å². The number of unbranched alkanes of at least 4 members (excludes halogenated alkanes) is 16. The van der Waals surface area contributed by atoms with Crippen LogP contribution in [0.4, 0.5) is 0 Å². The number of rotatable bonds is 61. The zero-order valence-corrected chi connectivity index (χ0v) is 49.0. The van der Waals surface area contributed by atoms with Gasteiger partial charge in [0.2, 0.25) is 17.7 Å². The Balaban J connectivity index is 4.13. The molecule has 472 valence electrons. The lowest BCUT2D eigenvalue weighted by Gasteiger charge is -2.16. The van der Waals surface area contributed by atoms with E-state index < -0.39 is 65.8 Å². The van der Waals surface area contributed by atoms with E-state index >= 15 is 0 Å². The summed E-state index contributed by atoms with van der Waals surface area (Å²) in [7, 11) is 1.71. The number of carboxylic acid groups (broad SMARTS) is 4. The second-order valence-corrected chi connectivity index (χ2v) is 20.9.